The van der Waals surface area contributed by atoms with Gasteiger partial charge in [0.2, 0.25) is 0 Å². The first-order valence-electron chi connectivity index (χ1n) is 9.51. The number of benzene rings is 1. The Balaban J connectivity index is 1.83. The van der Waals surface area contributed by atoms with E-state index < -0.39 is 6.61 Å². The molecule has 0 saturated heterocycles. The van der Waals surface area contributed by atoms with Gasteiger partial charge in [0.1, 0.15) is 6.61 Å². The van der Waals surface area contributed by atoms with Gasteiger partial charge in [-0.3, -0.25) is 4.99 Å². The second-order valence-electron chi connectivity index (χ2n) is 6.67. The summed E-state index contributed by atoms with van der Waals surface area (Å²) >= 11 is 0. The Hall–Kier alpha value is -2.25. The maximum absolute atomic E-state index is 12.7. The summed E-state index contributed by atoms with van der Waals surface area (Å²) in [5.41, 5.74) is 2.85. The quantitative estimate of drug-likeness (QED) is 0.307. The summed E-state index contributed by atoms with van der Waals surface area (Å²) in [6, 6.07) is 4.95. The second-order valence-corrected chi connectivity index (χ2v) is 6.67. The first-order chi connectivity index (χ1) is 13.7. The number of allylic oxidation sites excluding steroid dienone is 1. The number of rotatable bonds is 11. The van der Waals surface area contributed by atoms with Crippen LogP contribution in [0, 0.1) is 5.92 Å². The fraction of sp³-hybridized carbons (Fsp3) is 0.476. The molecule has 1 saturated carbocycles. The predicted octanol–water partition coefficient (Wildman–Crippen LogP) is 4.83. The van der Waals surface area contributed by atoms with E-state index in [2.05, 4.69) is 9.73 Å². The highest BCUT2D eigenvalue weighted by atomic mass is 19.3. The Kier molecular flexibility index (Phi) is 7.56. The second kappa shape index (κ2) is 10.3. The number of halogens is 2. The summed E-state index contributed by atoms with van der Waals surface area (Å²) in [7, 11) is 0. The summed E-state index contributed by atoms with van der Waals surface area (Å²) in [4.78, 5) is 14.5. The van der Waals surface area contributed by atoms with Gasteiger partial charge < -0.3 is 9.47 Å². The average Bonchev–Trinajstić information content (AvgIpc) is 3.52. The number of nitrogens with zero attached hydrogens (tertiary/aromatic N) is 1. The van der Waals surface area contributed by atoms with Crippen molar-refractivity contribution in [3.8, 4) is 11.5 Å². The lowest BCUT2D eigenvalue weighted by Crippen LogP contribution is -2.07. The normalized spacial score (nSPS) is 17.0. The molecule has 5 nitrogen and oxygen atoms in total. The maximum atomic E-state index is 12.7. The monoisotopic (exact) mass is 393 g/mol. The lowest BCUT2D eigenvalue weighted by Gasteiger charge is -2.15. The van der Waals surface area contributed by atoms with E-state index in [1.807, 2.05) is 19.1 Å². The summed E-state index contributed by atoms with van der Waals surface area (Å²) in [6.07, 6.45) is 8.69. The zero-order valence-corrected chi connectivity index (χ0v) is 15.9. The molecule has 0 bridgehead atoms. The van der Waals surface area contributed by atoms with Crippen molar-refractivity contribution in [2.45, 2.75) is 32.8 Å². The van der Waals surface area contributed by atoms with Gasteiger partial charge in [-0.05, 0) is 73.1 Å². The zero-order valence-electron chi connectivity index (χ0n) is 15.9. The average molecular weight is 393 g/mol. The molecule has 0 spiro atoms. The number of aliphatic imine (C=N–C) groups is 1. The number of alkyl halides is 2. The Morgan fingerprint density at radius 3 is 2.79 bits per heavy atom. The highest BCUT2D eigenvalue weighted by Gasteiger charge is 2.23. The predicted molar refractivity (Wildman–Crippen MR) is 103 cm³/mol. The van der Waals surface area contributed by atoms with Crippen LogP contribution in [0.15, 0.2) is 40.4 Å². The van der Waals surface area contributed by atoms with Crippen molar-refractivity contribution < 1.29 is 28.0 Å². The Labute approximate surface area is 163 Å². The molecule has 28 heavy (non-hydrogen) atoms. The van der Waals surface area contributed by atoms with Gasteiger partial charge in [0, 0.05) is 12.8 Å². The number of hydrogen-bond acceptors (Lipinski definition) is 5. The molecule has 7 heteroatoms. The van der Waals surface area contributed by atoms with Crippen LogP contribution in [0.25, 0.3) is 6.08 Å². The molecule has 0 N–H and O–H groups in total. The topological polar surface area (TPSA) is 49.3 Å². The lowest BCUT2D eigenvalue weighted by atomic mass is 9.99. The van der Waals surface area contributed by atoms with Crippen LogP contribution in [0.4, 0.5) is 8.78 Å². The standard InChI is InChI=1S/C21H25F2NO4/c1-2-26-27-14-18(17-7-9-24-10-8-17)11-16-5-6-19(28-21(22)23)20(12-16)25-13-15-3-4-15/h5-7,9,11-12,15,21H,2-4,8,10,13-14H2,1H3/b18-11+. The fourth-order valence-electron chi connectivity index (χ4n) is 2.78. The van der Waals surface area contributed by atoms with Crippen LogP contribution in [0.3, 0.4) is 0 Å². The molecular weight excluding hydrogens is 368 g/mol. The van der Waals surface area contributed by atoms with Gasteiger partial charge in [-0.2, -0.15) is 8.78 Å². The molecule has 1 fully saturated rings. The van der Waals surface area contributed by atoms with Crippen LogP contribution in [-0.2, 0) is 9.78 Å². The molecule has 3 rings (SSSR count). The molecule has 152 valence electrons. The largest absolute Gasteiger partial charge is 0.489 e. The number of dihydropyridines is 1. The number of hydrogen-bond donors (Lipinski definition) is 0. The van der Waals surface area contributed by atoms with Crippen molar-refractivity contribution in [3.05, 3.63) is 41.0 Å². The number of ether oxygens (including phenoxy) is 2. The van der Waals surface area contributed by atoms with E-state index in [4.69, 9.17) is 14.5 Å². The van der Waals surface area contributed by atoms with Crippen molar-refractivity contribution in [3.63, 3.8) is 0 Å². The Morgan fingerprint density at radius 1 is 1.25 bits per heavy atom. The maximum Gasteiger partial charge on any atom is 0.387 e. The van der Waals surface area contributed by atoms with E-state index in [0.717, 1.165) is 36.0 Å². The van der Waals surface area contributed by atoms with Crippen LogP contribution in [0.2, 0.25) is 0 Å². The SMILES string of the molecule is CCOOC/C(=C\c1ccc(OC(F)F)c(OCC2CC2)c1)C1=CC=NCC1. The third-order valence-corrected chi connectivity index (χ3v) is 4.42. The first kappa shape index (κ1) is 20.5. The molecule has 1 aromatic rings. The minimum Gasteiger partial charge on any atom is -0.489 e. The van der Waals surface area contributed by atoms with E-state index in [9.17, 15) is 8.78 Å². The van der Waals surface area contributed by atoms with Crippen LogP contribution in [0.5, 0.6) is 11.5 Å². The van der Waals surface area contributed by atoms with E-state index in [1.165, 1.54) is 6.07 Å². The van der Waals surface area contributed by atoms with Crippen LogP contribution < -0.4 is 9.47 Å². The summed E-state index contributed by atoms with van der Waals surface area (Å²) in [5.74, 6) is 0.870. The molecule has 0 amide bonds. The third kappa shape index (κ3) is 6.42. The van der Waals surface area contributed by atoms with Crippen molar-refractivity contribution in [1.29, 1.82) is 0 Å². The van der Waals surface area contributed by atoms with Crippen LogP contribution >= 0.6 is 0 Å². The van der Waals surface area contributed by atoms with Gasteiger partial charge in [0.05, 0.1) is 13.2 Å². The lowest BCUT2D eigenvalue weighted by molar-refractivity contribution is -0.284. The molecule has 2 aliphatic rings. The smallest absolute Gasteiger partial charge is 0.387 e. The first-order valence-corrected chi connectivity index (χ1v) is 9.51. The summed E-state index contributed by atoms with van der Waals surface area (Å²) in [6.45, 7) is 0.907. The van der Waals surface area contributed by atoms with E-state index >= 15 is 0 Å². The van der Waals surface area contributed by atoms with Crippen molar-refractivity contribution in [1.82, 2.24) is 0 Å². The van der Waals surface area contributed by atoms with Crippen LogP contribution in [-0.4, -0.2) is 39.2 Å². The van der Waals surface area contributed by atoms with Crippen molar-refractivity contribution in [2.24, 2.45) is 10.9 Å². The van der Waals surface area contributed by atoms with E-state index in [1.54, 1.807) is 18.3 Å². The Bertz CT molecular complexity index is 742. The molecule has 0 atom stereocenters. The summed E-state index contributed by atoms with van der Waals surface area (Å²) < 4.78 is 35.7. The zero-order chi connectivity index (χ0) is 19.8. The van der Waals surface area contributed by atoms with Gasteiger partial charge in [0.15, 0.2) is 11.5 Å². The molecule has 1 aromatic carbocycles. The fourth-order valence-corrected chi connectivity index (χ4v) is 2.78. The van der Waals surface area contributed by atoms with Gasteiger partial charge in [0.25, 0.3) is 0 Å². The van der Waals surface area contributed by atoms with E-state index in [-0.39, 0.29) is 12.4 Å². The van der Waals surface area contributed by atoms with E-state index in [0.29, 0.717) is 31.4 Å². The van der Waals surface area contributed by atoms with Crippen LogP contribution in [0.1, 0.15) is 31.7 Å². The molecular formula is C21H25F2NO4. The van der Waals surface area contributed by atoms with Gasteiger partial charge >= 0.3 is 6.61 Å². The minimum atomic E-state index is -2.90. The minimum absolute atomic E-state index is 0.0453. The summed E-state index contributed by atoms with van der Waals surface area (Å²) in [5, 5.41) is 0. The molecule has 0 radical (unpaired) electrons. The molecule has 1 heterocycles. The molecule has 1 aliphatic carbocycles. The van der Waals surface area contributed by atoms with Crippen molar-refractivity contribution >= 4 is 12.3 Å². The van der Waals surface area contributed by atoms with Gasteiger partial charge in [-0.1, -0.05) is 6.07 Å². The Morgan fingerprint density at radius 2 is 2.11 bits per heavy atom. The molecule has 1 aliphatic heterocycles. The molecule has 0 unspecified atom stereocenters. The van der Waals surface area contributed by atoms with Gasteiger partial charge in [-0.25, -0.2) is 9.78 Å². The third-order valence-electron chi connectivity index (χ3n) is 4.42. The van der Waals surface area contributed by atoms with Gasteiger partial charge in [-0.15, -0.1) is 0 Å². The highest BCUT2D eigenvalue weighted by Crippen LogP contribution is 2.35. The van der Waals surface area contributed by atoms with Crippen molar-refractivity contribution in [2.75, 3.05) is 26.4 Å². The molecule has 0 aromatic heterocycles. The highest BCUT2D eigenvalue weighted by molar-refractivity contribution is 5.76.